The van der Waals surface area contributed by atoms with Gasteiger partial charge in [0.1, 0.15) is 11.6 Å². The minimum atomic E-state index is -0.994. The van der Waals surface area contributed by atoms with E-state index in [-0.39, 0.29) is 23.8 Å². The molecule has 3 aromatic rings. The van der Waals surface area contributed by atoms with Crippen LogP contribution >= 0.6 is 11.6 Å². The van der Waals surface area contributed by atoms with E-state index in [1.807, 2.05) is 0 Å². The van der Waals surface area contributed by atoms with Gasteiger partial charge in [-0.15, -0.1) is 0 Å². The van der Waals surface area contributed by atoms with Gasteiger partial charge in [0.05, 0.1) is 18.6 Å². The molecule has 0 bridgehead atoms. The lowest BCUT2D eigenvalue weighted by Gasteiger charge is -2.23. The van der Waals surface area contributed by atoms with Crippen LogP contribution in [0.3, 0.4) is 0 Å². The largest absolute Gasteiger partial charge is 0.497 e. The van der Waals surface area contributed by atoms with E-state index in [9.17, 15) is 14.4 Å². The van der Waals surface area contributed by atoms with E-state index in [0.29, 0.717) is 22.1 Å². The van der Waals surface area contributed by atoms with Crippen molar-refractivity contribution in [3.05, 3.63) is 69.5 Å². The first-order valence-electron chi connectivity index (χ1n) is 9.34. The topological polar surface area (TPSA) is 125 Å². The molecule has 0 saturated heterocycles. The molecule has 0 fully saturated rings. The third kappa shape index (κ3) is 4.51. The molecule has 0 spiro atoms. The summed E-state index contributed by atoms with van der Waals surface area (Å²) in [4.78, 5) is 44.8. The smallest absolute Gasteiger partial charge is 0.258 e. The lowest BCUT2D eigenvalue weighted by atomic mass is 9.92. The van der Waals surface area contributed by atoms with Crippen molar-refractivity contribution in [1.29, 1.82) is 0 Å². The maximum Gasteiger partial charge on any atom is 0.258 e. The molecule has 1 aliphatic heterocycles. The van der Waals surface area contributed by atoms with E-state index in [0.717, 1.165) is 0 Å². The summed E-state index contributed by atoms with van der Waals surface area (Å²) in [5, 5.41) is 8.73. The van der Waals surface area contributed by atoms with E-state index < -0.39 is 23.3 Å². The summed E-state index contributed by atoms with van der Waals surface area (Å²) < 4.78 is 5.15. The van der Waals surface area contributed by atoms with Gasteiger partial charge in [-0.3, -0.25) is 19.4 Å². The number of hydrogen-bond acceptors (Lipinski definition) is 6. The number of rotatable bonds is 5. The number of benzene rings is 2. The standard InChI is InChI=1S/C21H18ClN5O4/c1-31-14-7-3-6-13(9-14)23-19(29)15-10-16(28)25-18-17(15)20(30)27-21(26-18)24-12-5-2-4-11(22)8-12/h2-9,15H,10H2,1H3,(H,23,29)(H3,24,25,26,27,28,30). The zero-order valence-electron chi connectivity index (χ0n) is 16.4. The highest BCUT2D eigenvalue weighted by Gasteiger charge is 2.34. The number of aromatic nitrogens is 2. The van der Waals surface area contributed by atoms with E-state index >= 15 is 0 Å². The second kappa shape index (κ2) is 8.49. The Bertz CT molecular complexity index is 1230. The minimum Gasteiger partial charge on any atom is -0.497 e. The molecule has 31 heavy (non-hydrogen) atoms. The summed E-state index contributed by atoms with van der Waals surface area (Å²) in [6.45, 7) is 0. The molecule has 1 aliphatic rings. The molecule has 4 rings (SSSR count). The molecule has 0 radical (unpaired) electrons. The number of anilines is 4. The number of carbonyl (C=O) groups excluding carboxylic acids is 2. The Kier molecular flexibility index (Phi) is 5.59. The summed E-state index contributed by atoms with van der Waals surface area (Å²) in [6, 6.07) is 13.6. The summed E-state index contributed by atoms with van der Waals surface area (Å²) in [5.41, 5.74) is 0.655. The normalized spacial score (nSPS) is 14.9. The number of hydrogen-bond donors (Lipinski definition) is 4. The number of nitrogens with one attached hydrogen (secondary N) is 4. The average Bonchev–Trinajstić information content (AvgIpc) is 2.73. The predicted octanol–water partition coefficient (Wildman–Crippen LogP) is 3.24. The number of ether oxygens (including phenoxy) is 1. The zero-order chi connectivity index (χ0) is 22.0. The second-order valence-electron chi connectivity index (χ2n) is 6.84. The first kappa shape index (κ1) is 20.4. The van der Waals surface area contributed by atoms with Crippen molar-refractivity contribution in [2.24, 2.45) is 0 Å². The molecule has 1 aromatic heterocycles. The van der Waals surface area contributed by atoms with E-state index in [1.54, 1.807) is 48.5 Å². The van der Waals surface area contributed by atoms with Crippen molar-refractivity contribution >= 4 is 46.6 Å². The molecule has 1 atom stereocenters. The summed E-state index contributed by atoms with van der Waals surface area (Å²) in [6.07, 6.45) is -0.172. The fourth-order valence-electron chi connectivity index (χ4n) is 3.29. The van der Waals surface area contributed by atoms with Gasteiger partial charge in [0.25, 0.3) is 5.56 Å². The molecule has 2 aromatic carbocycles. The SMILES string of the molecule is COc1cccc(NC(=O)C2CC(=O)Nc3nc(Nc4cccc(Cl)c4)[nH]c(=O)c32)c1. The minimum absolute atomic E-state index is 0.0373. The van der Waals surface area contributed by atoms with Gasteiger partial charge in [0.2, 0.25) is 17.8 Å². The fraction of sp³-hybridized carbons (Fsp3) is 0.143. The van der Waals surface area contributed by atoms with Crippen LogP contribution in [-0.2, 0) is 9.59 Å². The van der Waals surface area contributed by atoms with Gasteiger partial charge in [0, 0.05) is 28.9 Å². The maximum absolute atomic E-state index is 12.9. The van der Waals surface area contributed by atoms with Gasteiger partial charge in [-0.05, 0) is 30.3 Å². The highest BCUT2D eigenvalue weighted by atomic mass is 35.5. The predicted molar refractivity (Wildman–Crippen MR) is 117 cm³/mol. The van der Waals surface area contributed by atoms with Crippen molar-refractivity contribution in [3.8, 4) is 5.75 Å². The van der Waals surface area contributed by atoms with E-state index in [4.69, 9.17) is 16.3 Å². The number of amides is 2. The Morgan fingerprint density at radius 2 is 1.94 bits per heavy atom. The first-order valence-corrected chi connectivity index (χ1v) is 9.72. The number of fused-ring (bicyclic) bond motifs is 1. The van der Waals surface area contributed by atoms with Crippen LogP contribution in [-0.4, -0.2) is 28.9 Å². The second-order valence-corrected chi connectivity index (χ2v) is 7.27. The molecule has 1 unspecified atom stereocenters. The summed E-state index contributed by atoms with van der Waals surface area (Å²) in [7, 11) is 1.52. The molecule has 4 N–H and O–H groups in total. The van der Waals surface area contributed by atoms with Crippen molar-refractivity contribution in [2.75, 3.05) is 23.1 Å². The van der Waals surface area contributed by atoms with Crippen LogP contribution in [0.5, 0.6) is 5.75 Å². The van der Waals surface area contributed by atoms with Gasteiger partial charge in [0.15, 0.2) is 0 Å². The highest BCUT2D eigenvalue weighted by Crippen LogP contribution is 2.30. The van der Waals surface area contributed by atoms with Crippen LogP contribution in [0.2, 0.25) is 5.02 Å². The van der Waals surface area contributed by atoms with Crippen LogP contribution in [0.25, 0.3) is 0 Å². The van der Waals surface area contributed by atoms with Crippen LogP contribution in [0, 0.1) is 0 Å². The van der Waals surface area contributed by atoms with E-state index in [1.165, 1.54) is 7.11 Å². The number of carbonyl (C=O) groups is 2. The average molecular weight is 440 g/mol. The third-order valence-corrected chi connectivity index (χ3v) is 4.93. The summed E-state index contributed by atoms with van der Waals surface area (Å²) >= 11 is 5.97. The quantitative estimate of drug-likeness (QED) is 0.483. The Labute approximate surface area is 181 Å². The van der Waals surface area contributed by atoms with Crippen molar-refractivity contribution < 1.29 is 14.3 Å². The van der Waals surface area contributed by atoms with Crippen molar-refractivity contribution in [3.63, 3.8) is 0 Å². The molecular weight excluding hydrogens is 422 g/mol. The fourth-order valence-corrected chi connectivity index (χ4v) is 3.48. The molecular formula is C21H18ClN5O4. The van der Waals surface area contributed by atoms with Gasteiger partial charge >= 0.3 is 0 Å². The molecule has 0 aliphatic carbocycles. The Morgan fingerprint density at radius 3 is 2.71 bits per heavy atom. The molecule has 9 nitrogen and oxygen atoms in total. The molecule has 10 heteroatoms. The van der Waals surface area contributed by atoms with Gasteiger partial charge in [-0.1, -0.05) is 23.7 Å². The molecule has 2 heterocycles. The van der Waals surface area contributed by atoms with E-state index in [2.05, 4.69) is 25.9 Å². The van der Waals surface area contributed by atoms with Crippen LogP contribution in [0.4, 0.5) is 23.1 Å². The number of methoxy groups -OCH3 is 1. The highest BCUT2D eigenvalue weighted by molar-refractivity contribution is 6.30. The number of H-pyrrole nitrogens is 1. The van der Waals surface area contributed by atoms with Gasteiger partial charge < -0.3 is 20.7 Å². The van der Waals surface area contributed by atoms with Crippen molar-refractivity contribution in [1.82, 2.24) is 9.97 Å². The number of aromatic amines is 1. The zero-order valence-corrected chi connectivity index (χ0v) is 17.1. The van der Waals surface area contributed by atoms with Crippen LogP contribution in [0.15, 0.2) is 53.3 Å². The lowest BCUT2D eigenvalue weighted by molar-refractivity contribution is -0.123. The van der Waals surface area contributed by atoms with Crippen molar-refractivity contribution in [2.45, 2.75) is 12.3 Å². The molecule has 2 amide bonds. The van der Waals surface area contributed by atoms with Crippen LogP contribution < -0.4 is 26.2 Å². The van der Waals surface area contributed by atoms with Crippen LogP contribution in [0.1, 0.15) is 17.9 Å². The van der Waals surface area contributed by atoms with Gasteiger partial charge in [-0.2, -0.15) is 4.98 Å². The lowest BCUT2D eigenvalue weighted by Crippen LogP contribution is -2.36. The molecule has 158 valence electrons. The molecule has 0 saturated carbocycles. The summed E-state index contributed by atoms with van der Waals surface area (Å²) in [5.74, 6) is -1.19. The Morgan fingerprint density at radius 1 is 1.16 bits per heavy atom. The van der Waals surface area contributed by atoms with Gasteiger partial charge in [-0.25, -0.2) is 0 Å². The third-order valence-electron chi connectivity index (χ3n) is 4.69. The maximum atomic E-state index is 12.9. The monoisotopic (exact) mass is 439 g/mol. The Hall–Kier alpha value is -3.85. The number of halogens is 1. The Balaban J connectivity index is 1.63. The first-order chi connectivity index (χ1) is 14.9. The number of nitrogens with zero attached hydrogens (tertiary/aromatic N) is 1.